The molecule has 20 heavy (non-hydrogen) atoms. The standard InChI is InChI=1S/C15H22N2O3/c1-11(2)15(3,14(19)20)9-13(18)17(4)10-12-5-7-16-8-6-12/h5-8,11H,9-10H2,1-4H3,(H,19,20). The van der Waals surface area contributed by atoms with E-state index in [2.05, 4.69) is 4.98 Å². The fourth-order valence-corrected chi connectivity index (χ4v) is 1.83. The summed E-state index contributed by atoms with van der Waals surface area (Å²) in [6.45, 7) is 5.72. The van der Waals surface area contributed by atoms with Gasteiger partial charge in [-0.05, 0) is 30.5 Å². The van der Waals surface area contributed by atoms with E-state index >= 15 is 0 Å². The van der Waals surface area contributed by atoms with Crippen LogP contribution in [0.3, 0.4) is 0 Å². The molecule has 1 aromatic heterocycles. The van der Waals surface area contributed by atoms with E-state index in [9.17, 15) is 14.7 Å². The number of carbonyl (C=O) groups excluding carboxylic acids is 1. The number of rotatable bonds is 6. The lowest BCUT2D eigenvalue weighted by molar-refractivity contribution is -0.155. The molecule has 1 N–H and O–H groups in total. The van der Waals surface area contributed by atoms with Crippen molar-refractivity contribution in [2.45, 2.75) is 33.7 Å². The van der Waals surface area contributed by atoms with E-state index in [1.807, 2.05) is 26.0 Å². The first kappa shape index (κ1) is 16.1. The molecular formula is C15H22N2O3. The molecule has 5 heteroatoms. The topological polar surface area (TPSA) is 70.5 Å². The van der Waals surface area contributed by atoms with Crippen molar-refractivity contribution in [3.05, 3.63) is 30.1 Å². The summed E-state index contributed by atoms with van der Waals surface area (Å²) in [7, 11) is 1.69. The van der Waals surface area contributed by atoms with Gasteiger partial charge in [0.25, 0.3) is 0 Å². The van der Waals surface area contributed by atoms with Gasteiger partial charge < -0.3 is 10.0 Å². The Hall–Kier alpha value is -1.91. The van der Waals surface area contributed by atoms with Gasteiger partial charge in [0.05, 0.1) is 5.41 Å². The Bertz CT molecular complexity index is 473. The Balaban J connectivity index is 2.72. The summed E-state index contributed by atoms with van der Waals surface area (Å²) in [5.74, 6) is -1.21. The van der Waals surface area contributed by atoms with Crippen LogP contribution in [0.15, 0.2) is 24.5 Å². The Morgan fingerprint density at radius 2 is 1.90 bits per heavy atom. The lowest BCUT2D eigenvalue weighted by Gasteiger charge is -2.30. The molecule has 0 aliphatic heterocycles. The summed E-state index contributed by atoms with van der Waals surface area (Å²) in [5, 5.41) is 9.34. The first-order valence-electron chi connectivity index (χ1n) is 6.63. The van der Waals surface area contributed by atoms with Gasteiger partial charge in [-0.1, -0.05) is 13.8 Å². The van der Waals surface area contributed by atoms with E-state index in [-0.39, 0.29) is 18.2 Å². The molecule has 0 fully saturated rings. The normalized spacial score (nSPS) is 13.8. The van der Waals surface area contributed by atoms with Gasteiger partial charge in [-0.15, -0.1) is 0 Å². The number of carbonyl (C=O) groups is 2. The number of aliphatic carboxylic acids is 1. The molecular weight excluding hydrogens is 256 g/mol. The highest BCUT2D eigenvalue weighted by molar-refractivity contribution is 5.84. The van der Waals surface area contributed by atoms with E-state index in [1.165, 1.54) is 0 Å². The predicted molar refractivity (Wildman–Crippen MR) is 75.9 cm³/mol. The maximum absolute atomic E-state index is 12.2. The number of amides is 1. The largest absolute Gasteiger partial charge is 0.481 e. The van der Waals surface area contributed by atoms with E-state index < -0.39 is 11.4 Å². The first-order valence-corrected chi connectivity index (χ1v) is 6.63. The van der Waals surface area contributed by atoms with Crippen LogP contribution in [0.1, 0.15) is 32.8 Å². The summed E-state index contributed by atoms with van der Waals surface area (Å²) >= 11 is 0. The van der Waals surface area contributed by atoms with E-state index in [0.29, 0.717) is 6.54 Å². The lowest BCUT2D eigenvalue weighted by Crippen LogP contribution is -2.39. The molecule has 1 aromatic rings. The third kappa shape index (κ3) is 3.79. The molecule has 0 aliphatic carbocycles. The van der Waals surface area contributed by atoms with Crippen LogP contribution >= 0.6 is 0 Å². The molecule has 0 radical (unpaired) electrons. The van der Waals surface area contributed by atoms with Crippen LogP contribution in [0.4, 0.5) is 0 Å². The third-order valence-electron chi connectivity index (χ3n) is 3.88. The lowest BCUT2D eigenvalue weighted by atomic mass is 9.76. The highest BCUT2D eigenvalue weighted by atomic mass is 16.4. The summed E-state index contributed by atoms with van der Waals surface area (Å²) in [4.78, 5) is 29.1. The van der Waals surface area contributed by atoms with Gasteiger partial charge in [0.15, 0.2) is 0 Å². The van der Waals surface area contributed by atoms with Crippen LogP contribution in [0, 0.1) is 11.3 Å². The number of carboxylic acid groups (broad SMARTS) is 1. The number of hydrogen-bond acceptors (Lipinski definition) is 3. The summed E-state index contributed by atoms with van der Waals surface area (Å²) < 4.78 is 0. The van der Waals surface area contributed by atoms with Crippen molar-refractivity contribution < 1.29 is 14.7 Å². The highest BCUT2D eigenvalue weighted by Crippen LogP contribution is 2.32. The monoisotopic (exact) mass is 278 g/mol. The van der Waals surface area contributed by atoms with Gasteiger partial charge in [0.2, 0.25) is 5.91 Å². The van der Waals surface area contributed by atoms with Gasteiger partial charge in [-0.2, -0.15) is 0 Å². The minimum absolute atomic E-state index is 0.00157. The second kappa shape index (κ2) is 6.50. The Morgan fingerprint density at radius 1 is 1.35 bits per heavy atom. The SMILES string of the molecule is CC(C)C(C)(CC(=O)N(C)Cc1ccncc1)C(=O)O. The Kier molecular flexibility index (Phi) is 5.25. The zero-order valence-corrected chi connectivity index (χ0v) is 12.5. The molecule has 110 valence electrons. The van der Waals surface area contributed by atoms with Crippen molar-refractivity contribution in [1.82, 2.24) is 9.88 Å². The van der Waals surface area contributed by atoms with Gasteiger partial charge in [0.1, 0.15) is 0 Å². The van der Waals surface area contributed by atoms with Crippen molar-refractivity contribution in [1.29, 1.82) is 0 Å². The highest BCUT2D eigenvalue weighted by Gasteiger charge is 2.39. The van der Waals surface area contributed by atoms with Gasteiger partial charge in [-0.3, -0.25) is 14.6 Å². The third-order valence-corrected chi connectivity index (χ3v) is 3.88. The van der Waals surface area contributed by atoms with Crippen LogP contribution in [0.25, 0.3) is 0 Å². The maximum atomic E-state index is 12.2. The second-order valence-electron chi connectivity index (χ2n) is 5.66. The number of nitrogens with zero attached hydrogens (tertiary/aromatic N) is 2. The van der Waals surface area contributed by atoms with Gasteiger partial charge in [0, 0.05) is 32.4 Å². The zero-order valence-electron chi connectivity index (χ0n) is 12.5. The summed E-state index contributed by atoms with van der Waals surface area (Å²) in [6.07, 6.45) is 3.34. The van der Waals surface area contributed by atoms with Gasteiger partial charge in [-0.25, -0.2) is 0 Å². The first-order chi connectivity index (χ1) is 9.27. The number of aromatic nitrogens is 1. The quantitative estimate of drug-likeness (QED) is 0.865. The predicted octanol–water partition coefficient (Wildman–Crippen LogP) is 2.18. The smallest absolute Gasteiger partial charge is 0.310 e. The molecule has 1 heterocycles. The van der Waals surface area contributed by atoms with Crippen molar-refractivity contribution in [3.63, 3.8) is 0 Å². The Morgan fingerprint density at radius 3 is 2.35 bits per heavy atom. The average molecular weight is 278 g/mol. The molecule has 1 unspecified atom stereocenters. The molecule has 1 amide bonds. The van der Waals surface area contributed by atoms with Crippen molar-refractivity contribution >= 4 is 11.9 Å². The molecule has 1 rings (SSSR count). The van der Waals surface area contributed by atoms with E-state index in [0.717, 1.165) is 5.56 Å². The fourth-order valence-electron chi connectivity index (χ4n) is 1.83. The van der Waals surface area contributed by atoms with Gasteiger partial charge >= 0.3 is 5.97 Å². The minimum Gasteiger partial charge on any atom is -0.481 e. The molecule has 0 saturated heterocycles. The Labute approximate surface area is 119 Å². The summed E-state index contributed by atoms with van der Waals surface area (Å²) in [5.41, 5.74) is -0.0683. The molecule has 0 aliphatic rings. The molecule has 0 saturated carbocycles. The number of pyridine rings is 1. The van der Waals surface area contributed by atoms with Crippen LogP contribution in [0.2, 0.25) is 0 Å². The van der Waals surface area contributed by atoms with Crippen molar-refractivity contribution in [2.24, 2.45) is 11.3 Å². The van der Waals surface area contributed by atoms with Crippen LogP contribution < -0.4 is 0 Å². The zero-order chi connectivity index (χ0) is 15.3. The van der Waals surface area contributed by atoms with E-state index in [1.54, 1.807) is 31.3 Å². The molecule has 0 aromatic carbocycles. The molecule has 1 atom stereocenters. The fraction of sp³-hybridized carbons (Fsp3) is 0.533. The summed E-state index contributed by atoms with van der Waals surface area (Å²) in [6, 6.07) is 3.67. The van der Waals surface area contributed by atoms with Crippen LogP contribution in [0.5, 0.6) is 0 Å². The molecule has 0 bridgehead atoms. The number of hydrogen-bond donors (Lipinski definition) is 1. The minimum atomic E-state index is -1.04. The molecule has 5 nitrogen and oxygen atoms in total. The van der Waals surface area contributed by atoms with Crippen LogP contribution in [-0.4, -0.2) is 33.9 Å². The maximum Gasteiger partial charge on any atom is 0.310 e. The van der Waals surface area contributed by atoms with Crippen LogP contribution in [-0.2, 0) is 16.1 Å². The number of carboxylic acids is 1. The second-order valence-corrected chi connectivity index (χ2v) is 5.66. The van der Waals surface area contributed by atoms with E-state index in [4.69, 9.17) is 0 Å². The van der Waals surface area contributed by atoms with Crippen molar-refractivity contribution in [3.8, 4) is 0 Å². The molecule has 0 spiro atoms. The average Bonchev–Trinajstić information content (AvgIpc) is 2.39. The van der Waals surface area contributed by atoms with Crippen molar-refractivity contribution in [2.75, 3.05) is 7.05 Å².